The largest absolute Gasteiger partial charge is 0.492 e. The molecule has 0 spiro atoms. The number of alkyl halides is 1. The number of carbonyl (C=O) groups is 8. The predicted octanol–water partition coefficient (Wildman–Crippen LogP) is 7.90. The van der Waals surface area contributed by atoms with Crippen molar-refractivity contribution in [2.24, 2.45) is 23.5 Å². The minimum absolute atomic E-state index is 0.0168. The van der Waals surface area contributed by atoms with Crippen molar-refractivity contribution in [2.45, 2.75) is 161 Å². The molecule has 3 aliphatic rings. The number of rotatable bonds is 38. The Kier molecular flexibility index (Phi) is 30.7. The zero-order valence-corrected chi connectivity index (χ0v) is 61.9. The molecule has 29 heteroatoms. The molecular formula is C77H106F3N13O13. The van der Waals surface area contributed by atoms with Gasteiger partial charge in [0.15, 0.2) is 6.29 Å². The summed E-state index contributed by atoms with van der Waals surface area (Å²) in [5.74, 6) is -4.51. The van der Waals surface area contributed by atoms with E-state index < -0.39 is 101 Å². The quantitative estimate of drug-likeness (QED) is 0.0106. The van der Waals surface area contributed by atoms with E-state index in [1.54, 1.807) is 67.1 Å². The summed E-state index contributed by atoms with van der Waals surface area (Å²) in [6.07, 6.45) is 1.47. The molecule has 4 aromatic carbocycles. The predicted molar refractivity (Wildman–Crippen MR) is 393 cm³/mol. The maximum Gasteiger partial charge on any atom is 0.410 e. The Morgan fingerprint density at radius 3 is 2.19 bits per heavy atom. The van der Waals surface area contributed by atoms with Crippen LogP contribution in [0, 0.1) is 29.4 Å². The lowest BCUT2D eigenvalue weighted by Gasteiger charge is -2.40. The zero-order chi connectivity index (χ0) is 76.7. The van der Waals surface area contributed by atoms with Crippen molar-refractivity contribution in [2.75, 3.05) is 103 Å². The first-order chi connectivity index (χ1) is 50.5. The number of amides is 8. The Hall–Kier alpha value is -9.16. The SMILES string of the molecule is CC(O)C(=O)N(CC1CN(C(=O)OCc2ccc(NC(=O)C(CCCNC(N)=O)NC(=O)C(NC(=O)CCC(C)(C)OCCC(C)(C)NC(=O)CCCN3CCN(CCOc4ccc(C=O)c(N)c4)CC3)C(C)C)cc2)CC1F)C(c1nc(-c2cc(F)ccc2F)cn1Cc1ccccc1)C1CCOCC1. The van der Waals surface area contributed by atoms with Gasteiger partial charge in [0.05, 0.1) is 23.9 Å². The first kappa shape index (κ1) is 82.5. The molecule has 0 bridgehead atoms. The third-order valence-electron chi connectivity index (χ3n) is 19.5. The molecule has 8 rings (SSSR count). The molecule has 6 unspecified atom stereocenters. The van der Waals surface area contributed by atoms with E-state index in [0.717, 1.165) is 63.0 Å². The van der Waals surface area contributed by atoms with Gasteiger partial charge in [-0.25, -0.2) is 27.7 Å². The first-order valence-electron chi connectivity index (χ1n) is 36.6. The second-order valence-corrected chi connectivity index (χ2v) is 29.3. The molecule has 26 nitrogen and oxygen atoms in total. The maximum absolute atomic E-state index is 16.4. The van der Waals surface area contributed by atoms with Gasteiger partial charge in [0.25, 0.3) is 5.91 Å². The summed E-state index contributed by atoms with van der Waals surface area (Å²) in [5, 5.41) is 25.0. The van der Waals surface area contributed by atoms with E-state index in [1.807, 2.05) is 58.0 Å². The second kappa shape index (κ2) is 39.4. The van der Waals surface area contributed by atoms with Gasteiger partial charge in [-0.1, -0.05) is 56.3 Å². The minimum atomic E-state index is -1.63. The molecule has 0 aliphatic carbocycles. The molecule has 0 saturated carbocycles. The smallest absolute Gasteiger partial charge is 0.410 e. The molecule has 5 aromatic rings. The van der Waals surface area contributed by atoms with Crippen LogP contribution in [0.4, 0.5) is 34.1 Å². The monoisotopic (exact) mass is 1480 g/mol. The van der Waals surface area contributed by atoms with Crippen LogP contribution >= 0.6 is 0 Å². The molecule has 3 aliphatic heterocycles. The topological polar surface area (TPSA) is 337 Å². The van der Waals surface area contributed by atoms with Gasteiger partial charge in [-0.2, -0.15) is 0 Å². The van der Waals surface area contributed by atoms with E-state index in [-0.39, 0.29) is 81.7 Å². The van der Waals surface area contributed by atoms with E-state index >= 15 is 8.78 Å². The molecule has 6 atom stereocenters. The summed E-state index contributed by atoms with van der Waals surface area (Å²) < 4.78 is 71.9. The van der Waals surface area contributed by atoms with Crippen LogP contribution in [0.5, 0.6) is 5.75 Å². The summed E-state index contributed by atoms with van der Waals surface area (Å²) in [6.45, 7) is 18.4. The van der Waals surface area contributed by atoms with Crippen LogP contribution in [0.25, 0.3) is 11.3 Å². The average molecular weight is 1480 g/mol. The highest BCUT2D eigenvalue weighted by Crippen LogP contribution is 2.39. The number of nitrogen functional groups attached to an aromatic ring is 1. The van der Waals surface area contributed by atoms with Crippen LogP contribution in [0.15, 0.2) is 97.2 Å². The van der Waals surface area contributed by atoms with Crippen molar-refractivity contribution >= 4 is 59.3 Å². The molecule has 8 amide bonds. The number of urea groups is 1. The number of aliphatic hydroxyl groups excluding tert-OH is 1. The third-order valence-corrected chi connectivity index (χ3v) is 19.5. The number of benzene rings is 4. The van der Waals surface area contributed by atoms with Gasteiger partial charge in [0, 0.05) is 138 Å². The van der Waals surface area contributed by atoms with Gasteiger partial charge in [-0.3, -0.25) is 33.7 Å². The number of aliphatic hydroxyl groups is 1. The summed E-state index contributed by atoms with van der Waals surface area (Å²) in [4.78, 5) is 118. The molecule has 10 N–H and O–H groups in total. The maximum atomic E-state index is 16.4. The van der Waals surface area contributed by atoms with E-state index in [4.69, 9.17) is 35.4 Å². The standard InChI is InChI=1S/C77H106F3N13O13/c1-50(2)68(87-66(96)25-28-77(6,7)106-39-29-76(4,5)88-67(97)16-12-31-89-32-34-90(35-33-89)36-40-104-59-23-19-55(48-94)63(81)42-59)72(99)86-64(15-11-30-83-74(82)101)71(98)84-58-21-17-53(18-22-58)49-105-75(102)92-44-56(62(80)46-92)45-93(73(100)51(3)95)69(54-26-37-103-38-27-54)70-85-65(60-41-57(78)20-24-61(60)79)47-91(70)43-52-13-9-8-10-14-52/h8-10,13-14,17-24,41-42,47-48,50-51,54,56,62,64,68-69,95H,11-12,15-16,25-40,43-46,49,81H2,1-7H3,(H,84,98)(H,86,99)(H,87,96)(H,88,97)(H3,82,83,101). The minimum Gasteiger partial charge on any atom is -0.492 e. The highest BCUT2D eigenvalue weighted by molar-refractivity contribution is 5.98. The Bertz CT molecular complexity index is 3740. The lowest BCUT2D eigenvalue weighted by atomic mass is 9.88. The van der Waals surface area contributed by atoms with Crippen LogP contribution < -0.4 is 42.8 Å². The number of imidazole rings is 1. The second-order valence-electron chi connectivity index (χ2n) is 29.3. The van der Waals surface area contributed by atoms with Gasteiger partial charge < -0.3 is 81.4 Å². The number of hydrogen-bond acceptors (Lipinski definition) is 17. The fourth-order valence-corrected chi connectivity index (χ4v) is 13.3. The molecule has 3 fully saturated rings. The van der Waals surface area contributed by atoms with Gasteiger partial charge in [0.1, 0.15) is 60.8 Å². The van der Waals surface area contributed by atoms with Crippen molar-refractivity contribution in [3.63, 3.8) is 0 Å². The van der Waals surface area contributed by atoms with Crippen LogP contribution in [0.2, 0.25) is 0 Å². The lowest BCUT2D eigenvalue weighted by Crippen LogP contribution is -2.54. The fraction of sp³-hybridized carbons (Fsp3) is 0.545. The normalized spacial score (nSPS) is 17.2. The molecule has 1 aromatic heterocycles. The van der Waals surface area contributed by atoms with Crippen molar-refractivity contribution in [1.29, 1.82) is 0 Å². The van der Waals surface area contributed by atoms with Crippen LogP contribution in [-0.2, 0) is 51.3 Å². The summed E-state index contributed by atoms with van der Waals surface area (Å²) in [5.41, 5.74) is 12.4. The Balaban J connectivity index is 0.788. The van der Waals surface area contributed by atoms with Crippen molar-refractivity contribution < 1.29 is 75.6 Å². The van der Waals surface area contributed by atoms with Gasteiger partial charge in [-0.15, -0.1) is 0 Å². The zero-order valence-electron chi connectivity index (χ0n) is 61.9. The van der Waals surface area contributed by atoms with Crippen LogP contribution in [0.3, 0.4) is 0 Å². The molecule has 578 valence electrons. The van der Waals surface area contributed by atoms with E-state index in [9.17, 15) is 47.9 Å². The number of piperazine rings is 1. The van der Waals surface area contributed by atoms with Gasteiger partial charge in [-0.05, 0) is 152 Å². The molecule has 4 heterocycles. The average Bonchev–Trinajstić information content (AvgIpc) is 1.65. The van der Waals surface area contributed by atoms with Crippen LogP contribution in [-0.4, -0.2) is 210 Å². The van der Waals surface area contributed by atoms with Crippen LogP contribution in [0.1, 0.15) is 140 Å². The van der Waals surface area contributed by atoms with Crippen molar-refractivity contribution in [1.82, 2.24) is 50.4 Å². The number of halogens is 3. The number of likely N-dealkylation sites (tertiary alicyclic amines) is 1. The Labute approximate surface area is 618 Å². The number of aldehydes is 1. The van der Waals surface area contributed by atoms with E-state index in [1.165, 1.54) is 16.7 Å². The first-order valence-corrected chi connectivity index (χ1v) is 36.6. The molecular weight excluding hydrogens is 1370 g/mol. The van der Waals surface area contributed by atoms with E-state index in [2.05, 4.69) is 36.4 Å². The Morgan fingerprint density at radius 1 is 0.811 bits per heavy atom. The molecule has 3 saturated heterocycles. The fourth-order valence-electron chi connectivity index (χ4n) is 13.3. The number of carbonyl (C=O) groups excluding carboxylic acids is 8. The highest BCUT2D eigenvalue weighted by atomic mass is 19.1. The third kappa shape index (κ3) is 25.3. The molecule has 0 radical (unpaired) electrons. The number of ether oxygens (including phenoxy) is 4. The number of anilines is 2. The number of primary amides is 1. The van der Waals surface area contributed by atoms with Crippen molar-refractivity contribution in [3.05, 3.63) is 131 Å². The highest BCUT2D eigenvalue weighted by Gasteiger charge is 2.44. The Morgan fingerprint density at radius 2 is 1.52 bits per heavy atom. The van der Waals surface area contributed by atoms with Gasteiger partial charge >= 0.3 is 12.1 Å². The van der Waals surface area contributed by atoms with Crippen molar-refractivity contribution in [3.8, 4) is 17.0 Å². The number of aromatic nitrogens is 2. The number of hydrogen-bond donors (Lipinski definition) is 8. The summed E-state index contributed by atoms with van der Waals surface area (Å²) in [7, 11) is 0. The molecule has 106 heavy (non-hydrogen) atoms. The van der Waals surface area contributed by atoms with E-state index in [0.29, 0.717) is 105 Å². The summed E-state index contributed by atoms with van der Waals surface area (Å²) in [6, 6.07) is 19.9. The van der Waals surface area contributed by atoms with Gasteiger partial charge in [0.2, 0.25) is 23.6 Å². The number of nitrogens with one attached hydrogen (secondary N) is 5. The number of nitrogens with zero attached hydrogens (tertiary/aromatic N) is 6. The lowest BCUT2D eigenvalue weighted by molar-refractivity contribution is -0.145. The summed E-state index contributed by atoms with van der Waals surface area (Å²) >= 11 is 0. The number of nitrogens with two attached hydrogens (primary N) is 2.